The van der Waals surface area contributed by atoms with Gasteiger partial charge in [-0.1, -0.05) is 6.07 Å². The molecule has 0 saturated heterocycles. The number of imidazole rings is 1. The minimum absolute atomic E-state index is 0.316. The number of hydrogen-bond donors (Lipinski definition) is 2. The zero-order valence-corrected chi connectivity index (χ0v) is 11.8. The summed E-state index contributed by atoms with van der Waals surface area (Å²) in [6.45, 7) is 0. The Balaban J connectivity index is 1.91. The number of hydrogen-bond acceptors (Lipinski definition) is 6. The van der Waals surface area contributed by atoms with Crippen LogP contribution in [0.25, 0.3) is 16.8 Å². The minimum Gasteiger partial charge on any atom is -0.310 e. The highest BCUT2D eigenvalue weighted by Crippen LogP contribution is 2.25. The molecule has 0 aliphatic heterocycles. The average molecular weight is 302 g/mol. The molecule has 0 saturated carbocycles. The lowest BCUT2D eigenvalue weighted by Crippen LogP contribution is -2.02. The molecule has 8 heteroatoms. The summed E-state index contributed by atoms with van der Waals surface area (Å²) in [6, 6.07) is 7.61. The fourth-order valence-electron chi connectivity index (χ4n) is 2.30. The summed E-state index contributed by atoms with van der Waals surface area (Å²) in [5, 5.41) is 19.0. The first-order valence-corrected chi connectivity index (χ1v) is 6.80. The average Bonchev–Trinajstić information content (AvgIpc) is 3.25. The van der Waals surface area contributed by atoms with E-state index in [9.17, 15) is 0 Å². The first-order chi connectivity index (χ1) is 11.3. The van der Waals surface area contributed by atoms with Gasteiger partial charge in [-0.25, -0.2) is 9.97 Å². The number of pyridine rings is 1. The van der Waals surface area contributed by atoms with Crippen molar-refractivity contribution in [2.75, 3.05) is 5.32 Å². The fraction of sp³-hybridized carbons (Fsp3) is 0. The van der Waals surface area contributed by atoms with Gasteiger partial charge in [-0.15, -0.1) is 0 Å². The maximum Gasteiger partial charge on any atom is 0.214 e. The Morgan fingerprint density at radius 1 is 1.22 bits per heavy atom. The monoisotopic (exact) mass is 302 g/mol. The highest BCUT2D eigenvalue weighted by Gasteiger charge is 2.13. The Morgan fingerprint density at radius 2 is 2.17 bits per heavy atom. The Kier molecular flexibility index (Phi) is 2.95. The smallest absolute Gasteiger partial charge is 0.214 e. The number of H-pyrrole nitrogens is 1. The van der Waals surface area contributed by atoms with E-state index < -0.39 is 0 Å². The highest BCUT2D eigenvalue weighted by molar-refractivity contribution is 5.78. The van der Waals surface area contributed by atoms with Crippen molar-refractivity contribution in [3.63, 3.8) is 0 Å². The van der Waals surface area contributed by atoms with E-state index in [0.29, 0.717) is 23.1 Å². The van der Waals surface area contributed by atoms with Crippen LogP contribution in [0.5, 0.6) is 0 Å². The molecule has 0 aliphatic rings. The Bertz CT molecular complexity index is 995. The molecule has 0 atom stereocenters. The van der Waals surface area contributed by atoms with Crippen molar-refractivity contribution in [3.05, 3.63) is 54.9 Å². The van der Waals surface area contributed by atoms with Gasteiger partial charge in [0, 0.05) is 35.8 Å². The largest absolute Gasteiger partial charge is 0.310 e. The second-order valence-corrected chi connectivity index (χ2v) is 4.76. The third-order valence-electron chi connectivity index (χ3n) is 3.33. The molecule has 2 N–H and O–H groups in total. The van der Waals surface area contributed by atoms with Crippen molar-refractivity contribution in [2.45, 2.75) is 0 Å². The summed E-state index contributed by atoms with van der Waals surface area (Å²) in [5.74, 6) is 1.23. The minimum atomic E-state index is 0.316. The lowest BCUT2D eigenvalue weighted by molar-refractivity contribution is 1.06. The number of aromatic amines is 1. The summed E-state index contributed by atoms with van der Waals surface area (Å²) >= 11 is 0. The SMILES string of the molecule is N#Cc1cn2c(Nc3ccn[nH]3)ncc(-c3cccnc3)c2n1. The second-order valence-electron chi connectivity index (χ2n) is 4.76. The first kappa shape index (κ1) is 13.0. The molecular formula is C15H10N8. The van der Waals surface area contributed by atoms with Crippen LogP contribution in [0, 0.1) is 11.3 Å². The van der Waals surface area contributed by atoms with Gasteiger partial charge in [-0.05, 0) is 6.07 Å². The molecule has 4 aromatic heterocycles. The van der Waals surface area contributed by atoms with Gasteiger partial charge in [0.05, 0.1) is 12.4 Å². The van der Waals surface area contributed by atoms with Crippen LogP contribution in [0.4, 0.5) is 11.8 Å². The number of anilines is 2. The highest BCUT2D eigenvalue weighted by atomic mass is 15.2. The summed E-state index contributed by atoms with van der Waals surface area (Å²) < 4.78 is 1.74. The van der Waals surface area contributed by atoms with Gasteiger partial charge in [0.1, 0.15) is 11.9 Å². The van der Waals surface area contributed by atoms with E-state index in [0.717, 1.165) is 11.1 Å². The van der Waals surface area contributed by atoms with E-state index in [1.165, 1.54) is 0 Å². The number of nitriles is 1. The lowest BCUT2D eigenvalue weighted by atomic mass is 10.1. The number of nitrogens with one attached hydrogen (secondary N) is 2. The molecule has 0 radical (unpaired) electrons. The number of nitrogens with zero attached hydrogens (tertiary/aromatic N) is 6. The van der Waals surface area contributed by atoms with Crippen LogP contribution in [0.3, 0.4) is 0 Å². The lowest BCUT2D eigenvalue weighted by Gasteiger charge is -2.08. The van der Waals surface area contributed by atoms with Crippen molar-refractivity contribution < 1.29 is 0 Å². The van der Waals surface area contributed by atoms with Crippen LogP contribution < -0.4 is 5.32 Å². The van der Waals surface area contributed by atoms with Crippen molar-refractivity contribution in [1.29, 1.82) is 5.26 Å². The summed E-state index contributed by atoms with van der Waals surface area (Å²) in [7, 11) is 0. The molecule has 0 unspecified atom stereocenters. The molecule has 0 amide bonds. The third kappa shape index (κ3) is 2.26. The molecular weight excluding hydrogens is 292 g/mol. The Morgan fingerprint density at radius 3 is 2.91 bits per heavy atom. The van der Waals surface area contributed by atoms with Crippen LogP contribution in [0.1, 0.15) is 5.69 Å². The quantitative estimate of drug-likeness (QED) is 0.600. The summed E-state index contributed by atoms with van der Waals surface area (Å²) in [4.78, 5) is 12.9. The first-order valence-electron chi connectivity index (χ1n) is 6.80. The molecule has 0 bridgehead atoms. The predicted octanol–water partition coefficient (Wildman–Crippen LogP) is 2.13. The number of fused-ring (bicyclic) bond motifs is 1. The summed E-state index contributed by atoms with van der Waals surface area (Å²) in [5.41, 5.74) is 2.63. The molecule has 4 aromatic rings. The van der Waals surface area contributed by atoms with E-state index >= 15 is 0 Å². The molecule has 8 nitrogen and oxygen atoms in total. The molecule has 0 aliphatic carbocycles. The third-order valence-corrected chi connectivity index (χ3v) is 3.33. The molecule has 4 rings (SSSR count). The maximum absolute atomic E-state index is 9.15. The van der Waals surface area contributed by atoms with Crippen LogP contribution in [-0.4, -0.2) is 29.5 Å². The van der Waals surface area contributed by atoms with E-state index in [1.807, 2.05) is 12.1 Å². The van der Waals surface area contributed by atoms with Crippen molar-refractivity contribution in [2.24, 2.45) is 0 Å². The van der Waals surface area contributed by atoms with E-state index in [1.54, 1.807) is 41.5 Å². The molecule has 4 heterocycles. The molecule has 23 heavy (non-hydrogen) atoms. The number of rotatable bonds is 3. The van der Waals surface area contributed by atoms with Gasteiger partial charge in [0.15, 0.2) is 11.3 Å². The van der Waals surface area contributed by atoms with E-state index in [4.69, 9.17) is 5.26 Å². The Hall–Kier alpha value is -3.73. The van der Waals surface area contributed by atoms with E-state index in [2.05, 4.69) is 36.5 Å². The molecule has 0 aromatic carbocycles. The predicted molar refractivity (Wildman–Crippen MR) is 82.8 cm³/mol. The zero-order chi connectivity index (χ0) is 15.6. The van der Waals surface area contributed by atoms with Crippen molar-refractivity contribution >= 4 is 17.4 Å². The molecule has 0 fully saturated rings. The molecule has 0 spiro atoms. The Labute approximate surface area is 130 Å². The van der Waals surface area contributed by atoms with Gasteiger partial charge in [0.2, 0.25) is 5.95 Å². The maximum atomic E-state index is 9.15. The standard InChI is InChI=1S/C15H10N8/c16-6-11-9-23-14(20-11)12(10-2-1-4-17-7-10)8-18-15(23)21-13-3-5-19-22-13/h1-5,7-9H,(H2,18,19,21,22). The summed E-state index contributed by atoms with van der Waals surface area (Å²) in [6.07, 6.45) is 8.42. The molecule has 110 valence electrons. The van der Waals surface area contributed by atoms with E-state index in [-0.39, 0.29) is 0 Å². The number of aromatic nitrogens is 6. The van der Waals surface area contributed by atoms with Gasteiger partial charge in [-0.3, -0.25) is 14.5 Å². The van der Waals surface area contributed by atoms with Gasteiger partial charge in [-0.2, -0.15) is 10.4 Å². The zero-order valence-electron chi connectivity index (χ0n) is 11.8. The van der Waals surface area contributed by atoms with Crippen LogP contribution >= 0.6 is 0 Å². The second kappa shape index (κ2) is 5.23. The van der Waals surface area contributed by atoms with Gasteiger partial charge >= 0.3 is 0 Å². The van der Waals surface area contributed by atoms with Crippen LogP contribution in [-0.2, 0) is 0 Å². The van der Waals surface area contributed by atoms with Gasteiger partial charge < -0.3 is 5.32 Å². The fourth-order valence-corrected chi connectivity index (χ4v) is 2.30. The van der Waals surface area contributed by atoms with Crippen LogP contribution in [0.2, 0.25) is 0 Å². The van der Waals surface area contributed by atoms with Crippen molar-refractivity contribution in [3.8, 4) is 17.2 Å². The van der Waals surface area contributed by atoms with Crippen LogP contribution in [0.15, 0.2) is 49.2 Å². The topological polar surface area (TPSA) is 108 Å². The van der Waals surface area contributed by atoms with Crippen molar-refractivity contribution in [1.82, 2.24) is 29.5 Å². The van der Waals surface area contributed by atoms with Gasteiger partial charge in [0.25, 0.3) is 0 Å². The normalized spacial score (nSPS) is 10.6.